The fourth-order valence-electron chi connectivity index (χ4n) is 1.69. The summed E-state index contributed by atoms with van der Waals surface area (Å²) in [5.74, 6) is 0.358. The van der Waals surface area contributed by atoms with Gasteiger partial charge in [-0.05, 0) is 36.1 Å². The van der Waals surface area contributed by atoms with Crippen LogP contribution < -0.4 is 4.74 Å². The molecule has 1 atom stereocenters. The van der Waals surface area contributed by atoms with Crippen molar-refractivity contribution >= 4 is 27.9 Å². The molecule has 5 heteroatoms. The van der Waals surface area contributed by atoms with Gasteiger partial charge in [-0.15, -0.1) is 11.3 Å². The van der Waals surface area contributed by atoms with Gasteiger partial charge in [-0.2, -0.15) is 0 Å². The molecule has 0 aliphatic carbocycles. The van der Waals surface area contributed by atoms with Crippen LogP contribution in [0.1, 0.15) is 15.9 Å². The summed E-state index contributed by atoms with van der Waals surface area (Å²) >= 11 is 1.40. The Morgan fingerprint density at radius 1 is 1.37 bits per heavy atom. The first-order chi connectivity index (χ1) is 9.11. The van der Waals surface area contributed by atoms with E-state index in [1.54, 1.807) is 18.2 Å². The minimum atomic E-state index is -1.29. The van der Waals surface area contributed by atoms with E-state index in [0.717, 1.165) is 9.77 Å². The van der Waals surface area contributed by atoms with Crippen molar-refractivity contribution in [3.05, 3.63) is 46.8 Å². The molecule has 0 aliphatic heterocycles. The third-order valence-corrected chi connectivity index (χ3v) is 5.26. The summed E-state index contributed by atoms with van der Waals surface area (Å²) in [4.78, 5) is 12.2. The number of carbonyl (C=O) groups excluding carboxylic acids is 1. The maximum atomic E-state index is 12.2. The molecule has 2 rings (SSSR count). The summed E-state index contributed by atoms with van der Waals surface area (Å²) in [5.41, 5.74) is 1.51. The number of methoxy groups -OCH3 is 1. The zero-order valence-corrected chi connectivity index (χ0v) is 12.3. The molecule has 3 nitrogen and oxygen atoms in total. The smallest absolute Gasteiger partial charge is 0.179 e. The maximum Gasteiger partial charge on any atom is 0.179 e. The first-order valence-corrected chi connectivity index (χ1v) is 7.91. The molecule has 0 aliphatic rings. The average Bonchev–Trinajstić information content (AvgIpc) is 2.92. The summed E-state index contributed by atoms with van der Waals surface area (Å²) < 4.78 is 17.9. The van der Waals surface area contributed by atoms with E-state index in [9.17, 15) is 9.00 Å². The van der Waals surface area contributed by atoms with E-state index in [4.69, 9.17) is 4.74 Å². The molecule has 100 valence electrons. The van der Waals surface area contributed by atoms with Crippen LogP contribution in [0.3, 0.4) is 0 Å². The predicted molar refractivity (Wildman–Crippen MR) is 77.7 cm³/mol. The lowest BCUT2D eigenvalue weighted by Crippen LogP contribution is -2.11. The Hall–Kier alpha value is -1.46. The number of thiophene rings is 1. The van der Waals surface area contributed by atoms with E-state index in [0.29, 0.717) is 11.3 Å². The lowest BCUT2D eigenvalue weighted by molar-refractivity contribution is 0.101. The molecular weight excluding hydrogens is 280 g/mol. The van der Waals surface area contributed by atoms with Crippen molar-refractivity contribution in [2.45, 2.75) is 11.1 Å². The Morgan fingerprint density at radius 2 is 2.16 bits per heavy atom. The molecule has 1 heterocycles. The maximum absolute atomic E-state index is 12.2. The lowest BCUT2D eigenvalue weighted by atomic mass is 10.1. The number of carbonyl (C=O) groups is 1. The fourth-order valence-corrected chi connectivity index (χ4v) is 3.68. The normalized spacial score (nSPS) is 12.1. The van der Waals surface area contributed by atoms with E-state index in [1.807, 2.05) is 24.4 Å². The number of ether oxygens (including phenoxy) is 1. The molecule has 0 radical (unpaired) electrons. The Morgan fingerprint density at radius 3 is 2.79 bits per heavy atom. The van der Waals surface area contributed by atoms with E-state index in [1.165, 1.54) is 18.4 Å². The third-order valence-electron chi connectivity index (χ3n) is 2.64. The summed E-state index contributed by atoms with van der Waals surface area (Å²) in [6.45, 7) is 1.93. The van der Waals surface area contributed by atoms with Crippen molar-refractivity contribution in [2.24, 2.45) is 0 Å². The second-order valence-corrected chi connectivity index (χ2v) is 6.67. The highest BCUT2D eigenvalue weighted by Gasteiger charge is 2.16. The van der Waals surface area contributed by atoms with Gasteiger partial charge in [0, 0.05) is 0 Å². The lowest BCUT2D eigenvalue weighted by Gasteiger charge is -2.08. The van der Waals surface area contributed by atoms with Crippen molar-refractivity contribution in [2.75, 3.05) is 12.9 Å². The molecule has 0 spiro atoms. The van der Waals surface area contributed by atoms with Gasteiger partial charge in [-0.1, -0.05) is 12.1 Å². The second-order valence-electron chi connectivity index (χ2n) is 4.05. The highest BCUT2D eigenvalue weighted by Crippen LogP contribution is 2.22. The number of benzene rings is 1. The Labute approximate surface area is 118 Å². The van der Waals surface area contributed by atoms with Gasteiger partial charge in [0.15, 0.2) is 5.78 Å². The number of Topliss-reactive ketones (excluding diaryl/α,β-unsaturated/α-hetero) is 1. The Kier molecular flexibility index (Phi) is 4.50. The van der Waals surface area contributed by atoms with Crippen LogP contribution in [0, 0.1) is 6.92 Å². The van der Waals surface area contributed by atoms with Crippen LogP contribution in [-0.2, 0) is 10.8 Å². The fraction of sp³-hybridized carbons (Fsp3) is 0.214. The van der Waals surface area contributed by atoms with Gasteiger partial charge in [-0.25, -0.2) is 0 Å². The van der Waals surface area contributed by atoms with E-state index in [2.05, 4.69) is 0 Å². The van der Waals surface area contributed by atoms with Crippen LogP contribution in [0.5, 0.6) is 5.75 Å². The molecule has 2 aromatic rings. The molecule has 0 saturated heterocycles. The number of rotatable bonds is 5. The molecule has 0 N–H and O–H groups in total. The zero-order valence-electron chi connectivity index (χ0n) is 10.7. The number of aryl methyl sites for hydroxylation is 1. The average molecular weight is 294 g/mol. The van der Waals surface area contributed by atoms with Crippen LogP contribution in [-0.4, -0.2) is 22.9 Å². The molecule has 1 aromatic heterocycles. The SMILES string of the molecule is COc1cc(C)ccc1C(=O)CS(=O)c1cccs1. The van der Waals surface area contributed by atoms with Crippen molar-refractivity contribution in [3.8, 4) is 5.75 Å². The molecule has 1 unspecified atom stereocenters. The van der Waals surface area contributed by atoms with E-state index in [-0.39, 0.29) is 11.5 Å². The van der Waals surface area contributed by atoms with Gasteiger partial charge >= 0.3 is 0 Å². The first-order valence-electron chi connectivity index (χ1n) is 5.71. The summed E-state index contributed by atoms with van der Waals surface area (Å²) in [5, 5.41) is 1.85. The summed E-state index contributed by atoms with van der Waals surface area (Å²) in [7, 11) is 0.244. The van der Waals surface area contributed by atoms with Gasteiger partial charge in [0.1, 0.15) is 5.75 Å². The molecule has 19 heavy (non-hydrogen) atoms. The van der Waals surface area contributed by atoms with Crippen LogP contribution in [0.4, 0.5) is 0 Å². The van der Waals surface area contributed by atoms with Crippen molar-refractivity contribution in [1.29, 1.82) is 0 Å². The van der Waals surface area contributed by atoms with Crippen molar-refractivity contribution < 1.29 is 13.7 Å². The van der Waals surface area contributed by atoms with Crippen LogP contribution in [0.25, 0.3) is 0 Å². The molecule has 0 bridgehead atoms. The predicted octanol–water partition coefficient (Wildman–Crippen LogP) is 3.06. The number of hydrogen-bond acceptors (Lipinski definition) is 4. The Bertz CT molecular complexity index is 603. The molecule has 1 aromatic carbocycles. The van der Waals surface area contributed by atoms with Gasteiger partial charge in [-0.3, -0.25) is 9.00 Å². The number of hydrogen-bond donors (Lipinski definition) is 0. The third kappa shape index (κ3) is 3.30. The minimum Gasteiger partial charge on any atom is -0.496 e. The minimum absolute atomic E-state index is 0.0140. The molecule has 0 amide bonds. The van der Waals surface area contributed by atoms with Crippen molar-refractivity contribution in [1.82, 2.24) is 0 Å². The number of ketones is 1. The summed E-state index contributed by atoms with van der Waals surface area (Å²) in [6.07, 6.45) is 0. The zero-order chi connectivity index (χ0) is 13.8. The van der Waals surface area contributed by atoms with Gasteiger partial charge in [0.25, 0.3) is 0 Å². The quantitative estimate of drug-likeness (QED) is 0.796. The van der Waals surface area contributed by atoms with Gasteiger partial charge in [0.2, 0.25) is 0 Å². The molecule has 0 saturated carbocycles. The topological polar surface area (TPSA) is 43.4 Å². The summed E-state index contributed by atoms with van der Waals surface area (Å²) in [6, 6.07) is 8.99. The van der Waals surface area contributed by atoms with Gasteiger partial charge in [0.05, 0.1) is 33.4 Å². The van der Waals surface area contributed by atoms with E-state index < -0.39 is 10.8 Å². The van der Waals surface area contributed by atoms with Crippen molar-refractivity contribution in [3.63, 3.8) is 0 Å². The Balaban J connectivity index is 2.18. The molecular formula is C14H14O3S2. The highest BCUT2D eigenvalue weighted by molar-refractivity contribution is 7.88. The van der Waals surface area contributed by atoms with E-state index >= 15 is 0 Å². The van der Waals surface area contributed by atoms with Crippen LogP contribution >= 0.6 is 11.3 Å². The van der Waals surface area contributed by atoms with Crippen LogP contribution in [0.2, 0.25) is 0 Å². The van der Waals surface area contributed by atoms with Gasteiger partial charge < -0.3 is 4.74 Å². The monoisotopic (exact) mass is 294 g/mol. The molecule has 0 fully saturated rings. The first kappa shape index (κ1) is 14.0. The second kappa shape index (κ2) is 6.12. The van der Waals surface area contributed by atoms with Crippen LogP contribution in [0.15, 0.2) is 39.9 Å². The largest absolute Gasteiger partial charge is 0.496 e. The standard InChI is InChI=1S/C14H14O3S2/c1-10-5-6-11(13(8-10)17-2)12(15)9-19(16)14-4-3-7-18-14/h3-8H,9H2,1-2H3. The highest BCUT2D eigenvalue weighted by atomic mass is 32.2.